The maximum atomic E-state index is 11.9. The van der Waals surface area contributed by atoms with Crippen molar-refractivity contribution < 1.29 is 19.0 Å². The van der Waals surface area contributed by atoms with Crippen molar-refractivity contribution >= 4 is 5.97 Å². The zero-order valence-electron chi connectivity index (χ0n) is 12.2. The van der Waals surface area contributed by atoms with Gasteiger partial charge in [0.1, 0.15) is 6.61 Å². The number of esters is 1. The molecule has 4 nitrogen and oxygen atoms in total. The number of hydrogen-bond donors (Lipinski definition) is 0. The van der Waals surface area contributed by atoms with Crippen molar-refractivity contribution in [3.05, 3.63) is 12.2 Å². The molecule has 20 heavy (non-hydrogen) atoms. The molecule has 0 amide bonds. The van der Waals surface area contributed by atoms with E-state index in [2.05, 4.69) is 6.08 Å². The predicted octanol–water partition coefficient (Wildman–Crippen LogP) is 2.86. The molecule has 4 heteroatoms. The zero-order chi connectivity index (χ0) is 14.0. The van der Waals surface area contributed by atoms with E-state index in [1.54, 1.807) is 0 Å². The van der Waals surface area contributed by atoms with E-state index in [1.807, 2.05) is 6.08 Å². The maximum absolute atomic E-state index is 11.9. The van der Waals surface area contributed by atoms with Gasteiger partial charge in [0.15, 0.2) is 0 Å². The minimum absolute atomic E-state index is 0.0616. The summed E-state index contributed by atoms with van der Waals surface area (Å²) in [4.78, 5) is 11.9. The van der Waals surface area contributed by atoms with E-state index in [4.69, 9.17) is 14.2 Å². The summed E-state index contributed by atoms with van der Waals surface area (Å²) < 4.78 is 16.2. The minimum atomic E-state index is -0.108. The molecule has 1 aliphatic carbocycles. The minimum Gasteiger partial charge on any atom is -0.463 e. The lowest BCUT2D eigenvalue weighted by Crippen LogP contribution is -2.21. The van der Waals surface area contributed by atoms with Gasteiger partial charge < -0.3 is 14.2 Å². The Bertz CT molecular complexity index is 308. The van der Waals surface area contributed by atoms with E-state index in [0.717, 1.165) is 38.7 Å². The summed E-state index contributed by atoms with van der Waals surface area (Å²) in [6, 6.07) is 0. The Morgan fingerprint density at radius 2 is 2.10 bits per heavy atom. The molecule has 0 spiro atoms. The van der Waals surface area contributed by atoms with Gasteiger partial charge in [0.05, 0.1) is 25.2 Å². The van der Waals surface area contributed by atoms with Crippen LogP contribution in [0.15, 0.2) is 12.2 Å². The SMILES string of the molecule is O=C(OCCOCC1CCCO1)C1C=CCCCCC1. The maximum Gasteiger partial charge on any atom is 0.312 e. The fourth-order valence-corrected chi connectivity index (χ4v) is 2.66. The standard InChI is InChI=1S/C16H26O4/c17-16(14-7-4-2-1-3-5-8-14)20-12-11-18-13-15-9-6-10-19-15/h4,7,14-15H,1-3,5-6,8-13H2. The molecule has 2 atom stereocenters. The van der Waals surface area contributed by atoms with Crippen LogP contribution in [0.1, 0.15) is 44.9 Å². The fourth-order valence-electron chi connectivity index (χ4n) is 2.66. The highest BCUT2D eigenvalue weighted by atomic mass is 16.6. The lowest BCUT2D eigenvalue weighted by Gasteiger charge is -2.15. The summed E-state index contributed by atoms with van der Waals surface area (Å²) >= 11 is 0. The van der Waals surface area contributed by atoms with E-state index < -0.39 is 0 Å². The molecule has 114 valence electrons. The molecule has 2 rings (SSSR count). The largest absolute Gasteiger partial charge is 0.463 e. The van der Waals surface area contributed by atoms with Gasteiger partial charge in [-0.2, -0.15) is 0 Å². The quantitative estimate of drug-likeness (QED) is 0.427. The first-order chi connectivity index (χ1) is 9.86. The molecule has 0 aromatic rings. The van der Waals surface area contributed by atoms with Gasteiger partial charge in [0, 0.05) is 6.61 Å². The van der Waals surface area contributed by atoms with Gasteiger partial charge in [-0.05, 0) is 32.1 Å². The van der Waals surface area contributed by atoms with Gasteiger partial charge in [-0.15, -0.1) is 0 Å². The lowest BCUT2D eigenvalue weighted by atomic mass is 9.97. The second kappa shape index (κ2) is 9.14. The summed E-state index contributed by atoms with van der Waals surface area (Å²) in [6.45, 7) is 2.26. The normalized spacial score (nSPS) is 27.0. The molecule has 1 fully saturated rings. The first kappa shape index (κ1) is 15.5. The first-order valence-corrected chi connectivity index (χ1v) is 7.89. The molecular formula is C16H26O4. The molecule has 2 aliphatic rings. The van der Waals surface area contributed by atoms with E-state index in [9.17, 15) is 4.79 Å². The Morgan fingerprint density at radius 3 is 2.95 bits per heavy atom. The van der Waals surface area contributed by atoms with Gasteiger partial charge in [-0.1, -0.05) is 25.0 Å². The molecule has 1 aliphatic heterocycles. The number of carbonyl (C=O) groups is 1. The van der Waals surface area contributed by atoms with Gasteiger partial charge in [-0.3, -0.25) is 4.79 Å². The third kappa shape index (κ3) is 5.63. The average molecular weight is 282 g/mol. The Morgan fingerprint density at radius 1 is 1.15 bits per heavy atom. The van der Waals surface area contributed by atoms with E-state index in [0.29, 0.717) is 19.8 Å². The number of rotatable bonds is 6. The smallest absolute Gasteiger partial charge is 0.312 e. The monoisotopic (exact) mass is 282 g/mol. The number of ether oxygens (including phenoxy) is 3. The van der Waals surface area contributed by atoms with Crippen LogP contribution in [0.25, 0.3) is 0 Å². The third-order valence-electron chi connectivity index (χ3n) is 3.86. The number of carbonyl (C=O) groups excluding carboxylic acids is 1. The third-order valence-corrected chi connectivity index (χ3v) is 3.86. The van der Waals surface area contributed by atoms with Gasteiger partial charge in [0.25, 0.3) is 0 Å². The van der Waals surface area contributed by atoms with E-state index in [1.165, 1.54) is 12.8 Å². The Hall–Kier alpha value is -0.870. The topological polar surface area (TPSA) is 44.8 Å². The molecule has 0 bridgehead atoms. The van der Waals surface area contributed by atoms with Crippen LogP contribution in [0.4, 0.5) is 0 Å². The van der Waals surface area contributed by atoms with Gasteiger partial charge >= 0.3 is 5.97 Å². The van der Waals surface area contributed by atoms with E-state index >= 15 is 0 Å². The summed E-state index contributed by atoms with van der Waals surface area (Å²) in [5, 5.41) is 0. The highest BCUT2D eigenvalue weighted by Crippen LogP contribution is 2.18. The predicted molar refractivity (Wildman–Crippen MR) is 76.5 cm³/mol. The van der Waals surface area contributed by atoms with Crippen LogP contribution >= 0.6 is 0 Å². The van der Waals surface area contributed by atoms with Crippen LogP contribution in [0.2, 0.25) is 0 Å². The van der Waals surface area contributed by atoms with Gasteiger partial charge in [-0.25, -0.2) is 0 Å². The second-order valence-corrected chi connectivity index (χ2v) is 5.55. The van der Waals surface area contributed by atoms with Crippen molar-refractivity contribution in [2.45, 2.75) is 51.0 Å². The van der Waals surface area contributed by atoms with Crippen molar-refractivity contribution in [2.75, 3.05) is 26.4 Å². The van der Waals surface area contributed by atoms with Crippen molar-refractivity contribution in [3.8, 4) is 0 Å². The summed E-state index contributed by atoms with van der Waals surface area (Å²) in [6.07, 6.45) is 12.1. The van der Waals surface area contributed by atoms with Crippen LogP contribution in [0.5, 0.6) is 0 Å². The fraction of sp³-hybridized carbons (Fsp3) is 0.812. The molecule has 0 N–H and O–H groups in total. The van der Waals surface area contributed by atoms with Crippen molar-refractivity contribution in [2.24, 2.45) is 5.92 Å². The van der Waals surface area contributed by atoms with Crippen LogP contribution in [0, 0.1) is 5.92 Å². The lowest BCUT2D eigenvalue weighted by molar-refractivity contribution is -0.149. The summed E-state index contributed by atoms with van der Waals surface area (Å²) in [5.74, 6) is -0.169. The number of hydrogen-bond acceptors (Lipinski definition) is 4. The molecule has 0 aromatic carbocycles. The van der Waals surface area contributed by atoms with Crippen molar-refractivity contribution in [1.29, 1.82) is 0 Å². The van der Waals surface area contributed by atoms with Crippen molar-refractivity contribution in [1.82, 2.24) is 0 Å². The second-order valence-electron chi connectivity index (χ2n) is 5.55. The molecule has 1 heterocycles. The van der Waals surface area contributed by atoms with Crippen LogP contribution < -0.4 is 0 Å². The Balaban J connectivity index is 1.55. The molecule has 0 saturated carbocycles. The summed E-state index contributed by atoms with van der Waals surface area (Å²) in [5.41, 5.74) is 0. The Labute approximate surface area is 121 Å². The average Bonchev–Trinajstić information content (AvgIpc) is 2.91. The zero-order valence-corrected chi connectivity index (χ0v) is 12.2. The molecule has 1 saturated heterocycles. The molecule has 2 unspecified atom stereocenters. The highest BCUT2D eigenvalue weighted by Gasteiger charge is 2.18. The van der Waals surface area contributed by atoms with Crippen molar-refractivity contribution in [3.63, 3.8) is 0 Å². The van der Waals surface area contributed by atoms with Crippen LogP contribution in [0.3, 0.4) is 0 Å². The van der Waals surface area contributed by atoms with E-state index in [-0.39, 0.29) is 18.0 Å². The van der Waals surface area contributed by atoms with Crippen LogP contribution in [-0.2, 0) is 19.0 Å². The molecule has 0 radical (unpaired) electrons. The number of allylic oxidation sites excluding steroid dienone is 1. The molecule has 0 aromatic heterocycles. The van der Waals surface area contributed by atoms with Gasteiger partial charge in [0.2, 0.25) is 0 Å². The summed E-state index contributed by atoms with van der Waals surface area (Å²) in [7, 11) is 0. The highest BCUT2D eigenvalue weighted by molar-refractivity contribution is 5.74. The molecular weight excluding hydrogens is 256 g/mol. The first-order valence-electron chi connectivity index (χ1n) is 7.89. The van der Waals surface area contributed by atoms with Crippen LogP contribution in [-0.4, -0.2) is 38.5 Å². The Kier molecular flexibility index (Phi) is 7.09.